The van der Waals surface area contributed by atoms with E-state index in [2.05, 4.69) is 57.2 Å². The first-order valence-electron chi connectivity index (χ1n) is 12.7. The highest BCUT2D eigenvalue weighted by molar-refractivity contribution is 5.47. The molecule has 4 aliphatic rings. The van der Waals surface area contributed by atoms with Crippen LogP contribution in [0.1, 0.15) is 44.2 Å². The van der Waals surface area contributed by atoms with E-state index in [0.29, 0.717) is 36.3 Å². The molecule has 0 spiro atoms. The average molecular weight is 466 g/mol. The first-order valence-corrected chi connectivity index (χ1v) is 12.7. The van der Waals surface area contributed by atoms with Crippen LogP contribution in [0.15, 0.2) is 24.3 Å². The lowest BCUT2D eigenvalue weighted by atomic mass is 9.62. The van der Waals surface area contributed by atoms with Crippen molar-refractivity contribution in [3.63, 3.8) is 0 Å². The minimum absolute atomic E-state index is 0.0447. The molecule has 0 amide bonds. The Kier molecular flexibility index (Phi) is 7.16. The van der Waals surface area contributed by atoms with Crippen molar-refractivity contribution in [3.05, 3.63) is 29.8 Å². The fraction of sp³-hybridized carbons (Fsp3) is 0.760. The molecule has 3 aliphatic heterocycles. The summed E-state index contributed by atoms with van der Waals surface area (Å²) < 4.78 is 39.5. The molecule has 3 heterocycles. The third-order valence-electron chi connectivity index (χ3n) is 8.53. The number of nitrogens with one attached hydrogen (secondary N) is 3. The average Bonchev–Trinajstić information content (AvgIpc) is 3.25. The van der Waals surface area contributed by atoms with E-state index in [1.165, 1.54) is 5.56 Å². The quantitative estimate of drug-likeness (QED) is 0.547. The normalized spacial score (nSPS) is 35.3. The molecule has 184 valence electrons. The molecule has 1 aromatic rings. The van der Waals surface area contributed by atoms with Gasteiger partial charge in [-0.05, 0) is 68.1 Å². The molecule has 5 nitrogen and oxygen atoms in total. The highest BCUT2D eigenvalue weighted by Crippen LogP contribution is 2.51. The van der Waals surface area contributed by atoms with Crippen LogP contribution < -0.4 is 16.2 Å². The SMILES string of the molecule is C[C@@H]1CC2C3CNNC3CCC2[C@@H](c2ccc(NC3CN(CCCF)C3)cc2)N1CC(F)F. The molecule has 1 saturated carbocycles. The van der Waals surface area contributed by atoms with Crippen LogP contribution in [0, 0.1) is 17.8 Å². The van der Waals surface area contributed by atoms with Crippen molar-refractivity contribution in [1.29, 1.82) is 0 Å². The predicted molar refractivity (Wildman–Crippen MR) is 125 cm³/mol. The molecule has 3 saturated heterocycles. The Balaban J connectivity index is 1.30. The van der Waals surface area contributed by atoms with Gasteiger partial charge in [0.15, 0.2) is 0 Å². The third kappa shape index (κ3) is 4.90. The van der Waals surface area contributed by atoms with Crippen molar-refractivity contribution in [2.75, 3.05) is 44.7 Å². The van der Waals surface area contributed by atoms with Crippen LogP contribution in [-0.4, -0.2) is 73.7 Å². The van der Waals surface area contributed by atoms with Gasteiger partial charge in [0.05, 0.1) is 19.3 Å². The van der Waals surface area contributed by atoms with Crippen molar-refractivity contribution in [2.24, 2.45) is 17.8 Å². The molecular formula is C25H38F3N5. The van der Waals surface area contributed by atoms with Gasteiger partial charge in [0, 0.05) is 50.0 Å². The lowest BCUT2D eigenvalue weighted by Crippen LogP contribution is -2.55. The second-order valence-electron chi connectivity index (χ2n) is 10.6. The van der Waals surface area contributed by atoms with E-state index >= 15 is 0 Å². The summed E-state index contributed by atoms with van der Waals surface area (Å²) in [5, 5.41) is 3.57. The number of hydrogen-bond donors (Lipinski definition) is 3. The van der Waals surface area contributed by atoms with Gasteiger partial charge in [-0.15, -0.1) is 0 Å². The number of hydrogen-bond acceptors (Lipinski definition) is 5. The van der Waals surface area contributed by atoms with E-state index < -0.39 is 6.43 Å². The molecule has 0 aromatic heterocycles. The number of anilines is 1. The molecule has 0 bridgehead atoms. The van der Waals surface area contributed by atoms with Crippen molar-refractivity contribution in [2.45, 2.75) is 63.2 Å². The van der Waals surface area contributed by atoms with Gasteiger partial charge >= 0.3 is 0 Å². The number of halogens is 3. The summed E-state index contributed by atoms with van der Waals surface area (Å²) in [7, 11) is 0. The number of nitrogens with zero attached hydrogens (tertiary/aromatic N) is 2. The zero-order chi connectivity index (χ0) is 22.9. The number of fused-ring (bicyclic) bond motifs is 3. The van der Waals surface area contributed by atoms with Crippen LogP contribution in [0.25, 0.3) is 0 Å². The monoisotopic (exact) mass is 465 g/mol. The van der Waals surface area contributed by atoms with Crippen molar-refractivity contribution in [1.82, 2.24) is 20.7 Å². The van der Waals surface area contributed by atoms with Crippen molar-refractivity contribution in [3.8, 4) is 0 Å². The molecule has 1 aromatic carbocycles. The second-order valence-corrected chi connectivity index (χ2v) is 10.6. The summed E-state index contributed by atoms with van der Waals surface area (Å²) in [6, 6.07) is 9.62. The van der Waals surface area contributed by atoms with Crippen LogP contribution in [0.5, 0.6) is 0 Å². The van der Waals surface area contributed by atoms with Gasteiger partial charge in [-0.25, -0.2) is 8.78 Å². The lowest BCUT2D eigenvalue weighted by Gasteiger charge is -2.54. The molecule has 3 N–H and O–H groups in total. The Labute approximate surface area is 195 Å². The lowest BCUT2D eigenvalue weighted by molar-refractivity contribution is -0.0610. The van der Waals surface area contributed by atoms with Gasteiger partial charge in [0.2, 0.25) is 0 Å². The maximum absolute atomic E-state index is 13.6. The predicted octanol–water partition coefficient (Wildman–Crippen LogP) is 3.66. The van der Waals surface area contributed by atoms with Gasteiger partial charge in [-0.3, -0.25) is 25.0 Å². The van der Waals surface area contributed by atoms with Gasteiger partial charge in [0.25, 0.3) is 6.43 Å². The molecule has 4 unspecified atom stereocenters. The molecule has 4 fully saturated rings. The van der Waals surface area contributed by atoms with Gasteiger partial charge in [-0.1, -0.05) is 12.1 Å². The summed E-state index contributed by atoms with van der Waals surface area (Å²) in [5.41, 5.74) is 9.03. The van der Waals surface area contributed by atoms with Crippen LogP contribution in [0.2, 0.25) is 0 Å². The number of rotatable bonds is 8. The first kappa shape index (κ1) is 23.4. The Morgan fingerprint density at radius 1 is 1.09 bits per heavy atom. The van der Waals surface area contributed by atoms with Gasteiger partial charge in [-0.2, -0.15) is 0 Å². The van der Waals surface area contributed by atoms with E-state index in [4.69, 9.17) is 0 Å². The van der Waals surface area contributed by atoms with Crippen molar-refractivity contribution < 1.29 is 13.2 Å². The molecule has 33 heavy (non-hydrogen) atoms. The summed E-state index contributed by atoms with van der Waals surface area (Å²) in [6.07, 6.45) is 1.46. The molecule has 5 rings (SSSR count). The summed E-state index contributed by atoms with van der Waals surface area (Å²) in [4.78, 5) is 4.35. The maximum Gasteiger partial charge on any atom is 0.251 e. The van der Waals surface area contributed by atoms with Gasteiger partial charge < -0.3 is 5.32 Å². The van der Waals surface area contributed by atoms with Crippen LogP contribution in [-0.2, 0) is 0 Å². The molecule has 6 atom stereocenters. The highest BCUT2D eigenvalue weighted by atomic mass is 19.3. The second kappa shape index (κ2) is 10.1. The fourth-order valence-corrected chi connectivity index (χ4v) is 7.02. The largest absolute Gasteiger partial charge is 0.380 e. The first-order chi connectivity index (χ1) is 16.0. The van der Waals surface area contributed by atoms with E-state index in [0.717, 1.165) is 51.1 Å². The zero-order valence-corrected chi connectivity index (χ0v) is 19.5. The third-order valence-corrected chi connectivity index (χ3v) is 8.53. The van der Waals surface area contributed by atoms with Crippen LogP contribution in [0.3, 0.4) is 0 Å². The fourth-order valence-electron chi connectivity index (χ4n) is 7.02. The smallest absolute Gasteiger partial charge is 0.251 e. The molecule has 8 heteroatoms. The van der Waals surface area contributed by atoms with Crippen LogP contribution in [0.4, 0.5) is 18.9 Å². The minimum Gasteiger partial charge on any atom is -0.380 e. The maximum atomic E-state index is 13.6. The van der Waals surface area contributed by atoms with E-state index in [1.807, 2.05) is 0 Å². The highest BCUT2D eigenvalue weighted by Gasteiger charge is 2.50. The molecule has 0 radical (unpaired) electrons. The Bertz CT molecular complexity index is 772. The summed E-state index contributed by atoms with van der Waals surface area (Å²) in [6.45, 7) is 5.41. The minimum atomic E-state index is -2.32. The number of piperidine rings is 1. The molecule has 1 aliphatic carbocycles. The zero-order valence-electron chi connectivity index (χ0n) is 19.5. The Morgan fingerprint density at radius 2 is 1.88 bits per heavy atom. The number of benzene rings is 1. The molecular weight excluding hydrogens is 427 g/mol. The van der Waals surface area contributed by atoms with E-state index in [9.17, 15) is 13.2 Å². The standard InChI is InChI=1S/C25H38F3N5/c1-16-11-21-20(7-8-23-22(21)12-29-31-23)25(33(16)15-24(27)28)17-3-5-18(6-4-17)30-19-13-32(14-19)10-2-9-26/h3-6,16,19-25,29-31H,2,7-15H2,1H3/t16-,20?,21?,22?,23?,25-/m1/s1. The number of likely N-dealkylation sites (tertiary alicyclic amines) is 2. The van der Waals surface area contributed by atoms with Crippen LogP contribution >= 0.6 is 0 Å². The topological polar surface area (TPSA) is 42.6 Å². The van der Waals surface area contributed by atoms with Crippen molar-refractivity contribution >= 4 is 5.69 Å². The summed E-state index contributed by atoms with van der Waals surface area (Å²) in [5.74, 6) is 1.56. The Morgan fingerprint density at radius 3 is 2.61 bits per heavy atom. The number of alkyl halides is 3. The summed E-state index contributed by atoms with van der Waals surface area (Å²) >= 11 is 0. The Hall–Kier alpha value is -1.35. The van der Waals surface area contributed by atoms with Gasteiger partial charge in [0.1, 0.15) is 0 Å². The number of hydrazine groups is 1. The van der Waals surface area contributed by atoms with E-state index in [-0.39, 0.29) is 25.3 Å². The van der Waals surface area contributed by atoms with E-state index in [1.54, 1.807) is 0 Å².